The molecular weight excluding hydrogens is 166 g/mol. The second kappa shape index (κ2) is 3.87. The van der Waals surface area contributed by atoms with Crippen molar-refractivity contribution >= 4 is 11.6 Å². The van der Waals surface area contributed by atoms with Gasteiger partial charge in [0, 0.05) is 13.1 Å². The zero-order chi connectivity index (χ0) is 10.0. The smallest absolute Gasteiger partial charge is 0.248 e. The van der Waals surface area contributed by atoms with Crippen LogP contribution >= 0.6 is 0 Å². The Morgan fingerprint density at radius 1 is 1.62 bits per heavy atom. The maximum absolute atomic E-state index is 11.1. The maximum Gasteiger partial charge on any atom is 0.248 e. The molecule has 1 aliphatic heterocycles. The molecule has 1 aliphatic rings. The summed E-state index contributed by atoms with van der Waals surface area (Å²) >= 11 is 0. The van der Waals surface area contributed by atoms with Crippen LogP contribution in [0.15, 0.2) is 5.10 Å². The van der Waals surface area contributed by atoms with Crippen molar-refractivity contribution in [3.05, 3.63) is 0 Å². The zero-order valence-corrected chi connectivity index (χ0v) is 8.45. The second-order valence-corrected chi connectivity index (χ2v) is 3.92. The fourth-order valence-corrected chi connectivity index (χ4v) is 1.40. The summed E-state index contributed by atoms with van der Waals surface area (Å²) in [5.41, 5.74) is 6.72. The largest absolute Gasteiger partial charge is 0.323 e. The standard InChI is InChI=1S/C9H17N3O/c1-6(2)4-7(10)8-5-9(13)12(3)11-8/h6-7H,4-5,10H2,1-3H3/t7-/m1/s1. The fraction of sp³-hybridized carbons (Fsp3) is 0.778. The van der Waals surface area contributed by atoms with Crippen LogP contribution in [0.2, 0.25) is 0 Å². The quantitative estimate of drug-likeness (QED) is 0.695. The number of hydrazone groups is 1. The Labute approximate surface area is 78.8 Å². The van der Waals surface area contributed by atoms with Crippen molar-refractivity contribution in [3.8, 4) is 0 Å². The zero-order valence-electron chi connectivity index (χ0n) is 8.45. The molecule has 4 heteroatoms. The summed E-state index contributed by atoms with van der Waals surface area (Å²) in [6, 6.07) is -0.0612. The van der Waals surface area contributed by atoms with Gasteiger partial charge in [0.2, 0.25) is 5.91 Å². The first-order valence-electron chi connectivity index (χ1n) is 4.60. The number of nitrogens with zero attached hydrogens (tertiary/aromatic N) is 2. The van der Waals surface area contributed by atoms with E-state index in [9.17, 15) is 4.79 Å². The molecule has 0 saturated heterocycles. The minimum Gasteiger partial charge on any atom is -0.323 e. The third-order valence-electron chi connectivity index (χ3n) is 2.13. The van der Waals surface area contributed by atoms with E-state index in [1.54, 1.807) is 7.05 Å². The Morgan fingerprint density at radius 3 is 2.62 bits per heavy atom. The monoisotopic (exact) mass is 183 g/mol. The highest BCUT2D eigenvalue weighted by Crippen LogP contribution is 2.12. The highest BCUT2D eigenvalue weighted by atomic mass is 16.2. The number of carbonyl (C=O) groups is 1. The van der Waals surface area contributed by atoms with Gasteiger partial charge >= 0.3 is 0 Å². The predicted octanol–water partition coefficient (Wildman–Crippen LogP) is 0.578. The highest BCUT2D eigenvalue weighted by Gasteiger charge is 2.24. The first-order valence-corrected chi connectivity index (χ1v) is 4.60. The third kappa shape index (κ3) is 2.52. The van der Waals surface area contributed by atoms with E-state index in [-0.39, 0.29) is 11.9 Å². The summed E-state index contributed by atoms with van der Waals surface area (Å²) in [5, 5.41) is 5.47. The summed E-state index contributed by atoms with van der Waals surface area (Å²) in [6.07, 6.45) is 1.28. The van der Waals surface area contributed by atoms with Crippen LogP contribution in [0.25, 0.3) is 0 Å². The molecule has 1 heterocycles. The van der Waals surface area contributed by atoms with Crippen molar-refractivity contribution in [1.82, 2.24) is 5.01 Å². The van der Waals surface area contributed by atoms with Gasteiger partial charge in [-0.2, -0.15) is 5.10 Å². The van der Waals surface area contributed by atoms with Gasteiger partial charge in [-0.1, -0.05) is 13.8 Å². The average Bonchev–Trinajstić information content (AvgIpc) is 2.31. The van der Waals surface area contributed by atoms with Gasteiger partial charge in [-0.15, -0.1) is 0 Å². The molecule has 2 N–H and O–H groups in total. The summed E-state index contributed by atoms with van der Waals surface area (Å²) < 4.78 is 0. The van der Waals surface area contributed by atoms with Gasteiger partial charge < -0.3 is 5.73 Å². The van der Waals surface area contributed by atoms with Gasteiger partial charge in [0.15, 0.2) is 0 Å². The fourth-order valence-electron chi connectivity index (χ4n) is 1.40. The minimum atomic E-state index is -0.0612. The van der Waals surface area contributed by atoms with Gasteiger partial charge in [-0.3, -0.25) is 4.79 Å². The van der Waals surface area contributed by atoms with Crippen molar-refractivity contribution in [2.24, 2.45) is 16.8 Å². The lowest BCUT2D eigenvalue weighted by Gasteiger charge is -2.12. The van der Waals surface area contributed by atoms with Crippen LogP contribution in [0, 0.1) is 5.92 Å². The summed E-state index contributed by atoms with van der Waals surface area (Å²) in [7, 11) is 1.66. The van der Waals surface area contributed by atoms with Crippen molar-refractivity contribution in [2.75, 3.05) is 7.05 Å². The highest BCUT2D eigenvalue weighted by molar-refractivity contribution is 6.07. The summed E-state index contributed by atoms with van der Waals surface area (Å²) in [4.78, 5) is 11.1. The number of hydrogen-bond acceptors (Lipinski definition) is 3. The van der Waals surface area contributed by atoms with E-state index in [1.165, 1.54) is 5.01 Å². The van der Waals surface area contributed by atoms with E-state index in [2.05, 4.69) is 18.9 Å². The van der Waals surface area contributed by atoms with Crippen LogP contribution in [-0.4, -0.2) is 29.7 Å². The lowest BCUT2D eigenvalue weighted by Crippen LogP contribution is -2.31. The predicted molar refractivity (Wildman–Crippen MR) is 52.3 cm³/mol. The van der Waals surface area contributed by atoms with E-state index >= 15 is 0 Å². The Morgan fingerprint density at radius 2 is 2.23 bits per heavy atom. The van der Waals surface area contributed by atoms with E-state index < -0.39 is 0 Å². The van der Waals surface area contributed by atoms with Gasteiger partial charge in [-0.05, 0) is 12.3 Å². The molecule has 1 atom stereocenters. The molecule has 4 nitrogen and oxygen atoms in total. The molecule has 1 amide bonds. The van der Waals surface area contributed by atoms with Crippen LogP contribution in [-0.2, 0) is 4.79 Å². The number of rotatable bonds is 3. The van der Waals surface area contributed by atoms with Gasteiger partial charge in [0.25, 0.3) is 0 Å². The van der Waals surface area contributed by atoms with Crippen molar-refractivity contribution in [3.63, 3.8) is 0 Å². The molecule has 0 fully saturated rings. The molecule has 0 aromatic carbocycles. The average molecular weight is 183 g/mol. The number of carbonyl (C=O) groups excluding carboxylic acids is 1. The van der Waals surface area contributed by atoms with Gasteiger partial charge in [-0.25, -0.2) is 5.01 Å². The maximum atomic E-state index is 11.1. The summed E-state index contributed by atoms with van der Waals surface area (Å²) in [5.74, 6) is 0.577. The topological polar surface area (TPSA) is 58.7 Å². The van der Waals surface area contributed by atoms with Crippen molar-refractivity contribution < 1.29 is 4.79 Å². The molecule has 0 saturated carbocycles. The molecule has 13 heavy (non-hydrogen) atoms. The van der Waals surface area contributed by atoms with Crippen LogP contribution < -0.4 is 5.73 Å². The van der Waals surface area contributed by atoms with Gasteiger partial charge in [0.05, 0.1) is 12.1 Å². The normalized spacial score (nSPS) is 19.6. The lowest BCUT2D eigenvalue weighted by atomic mass is 9.99. The number of nitrogens with two attached hydrogens (primary N) is 1. The molecule has 74 valence electrons. The Hall–Kier alpha value is -0.900. The van der Waals surface area contributed by atoms with Crippen LogP contribution in [0.3, 0.4) is 0 Å². The van der Waals surface area contributed by atoms with Crippen molar-refractivity contribution in [1.29, 1.82) is 0 Å². The number of hydrogen-bond donors (Lipinski definition) is 1. The van der Waals surface area contributed by atoms with Crippen LogP contribution in [0.5, 0.6) is 0 Å². The summed E-state index contributed by atoms with van der Waals surface area (Å²) in [6.45, 7) is 4.22. The van der Waals surface area contributed by atoms with E-state index in [0.29, 0.717) is 12.3 Å². The molecule has 0 bridgehead atoms. The van der Waals surface area contributed by atoms with Crippen LogP contribution in [0.4, 0.5) is 0 Å². The van der Waals surface area contributed by atoms with Gasteiger partial charge in [0.1, 0.15) is 0 Å². The van der Waals surface area contributed by atoms with Crippen LogP contribution in [0.1, 0.15) is 26.7 Å². The molecule has 0 radical (unpaired) electrons. The minimum absolute atomic E-state index is 0.0363. The van der Waals surface area contributed by atoms with E-state index in [1.807, 2.05) is 0 Å². The molecule has 0 aromatic heterocycles. The van der Waals surface area contributed by atoms with E-state index in [4.69, 9.17) is 5.73 Å². The molecule has 0 spiro atoms. The molecule has 1 rings (SSSR count). The van der Waals surface area contributed by atoms with E-state index in [0.717, 1.165) is 12.1 Å². The second-order valence-electron chi connectivity index (χ2n) is 3.92. The SMILES string of the molecule is CC(C)C[C@@H](N)C1=NN(C)C(=O)C1. The molecule has 0 aromatic rings. The third-order valence-corrected chi connectivity index (χ3v) is 2.13. The molecule has 0 unspecified atom stereocenters. The Bertz CT molecular complexity index is 235. The first-order chi connectivity index (χ1) is 6.00. The first kappa shape index (κ1) is 10.2. The molecule has 0 aliphatic carbocycles. The lowest BCUT2D eigenvalue weighted by molar-refractivity contribution is -0.127. The molecular formula is C9H17N3O. The Balaban J connectivity index is 2.54. The van der Waals surface area contributed by atoms with Crippen molar-refractivity contribution in [2.45, 2.75) is 32.7 Å². The number of amides is 1. The Kier molecular flexibility index (Phi) is 3.03.